The number of anilines is 2. The summed E-state index contributed by atoms with van der Waals surface area (Å²) in [6.07, 6.45) is 0.720. The second kappa shape index (κ2) is 4.86. The number of nitrogens with one attached hydrogen (secondary N) is 1. The van der Waals surface area contributed by atoms with E-state index in [9.17, 15) is 9.90 Å². The van der Waals surface area contributed by atoms with E-state index < -0.39 is 0 Å². The molecule has 23 heavy (non-hydrogen) atoms. The molecule has 0 radical (unpaired) electrons. The van der Waals surface area contributed by atoms with Crippen molar-refractivity contribution in [3.8, 4) is 11.5 Å². The number of hydrogen-bond donors (Lipinski definition) is 2. The van der Waals surface area contributed by atoms with Crippen LogP contribution >= 0.6 is 11.3 Å². The molecule has 7 heteroatoms. The highest BCUT2D eigenvalue weighted by molar-refractivity contribution is 7.17. The number of aromatic nitrogens is 1. The largest absolute Gasteiger partial charge is 0.508 e. The smallest absolute Gasteiger partial charge is 0.263 e. The Labute approximate surface area is 137 Å². The van der Waals surface area contributed by atoms with Gasteiger partial charge in [0, 0.05) is 18.0 Å². The normalized spacial score (nSPS) is 18.7. The van der Waals surface area contributed by atoms with Gasteiger partial charge in [-0.15, -0.1) is 0 Å². The van der Waals surface area contributed by atoms with Gasteiger partial charge in [-0.1, -0.05) is 11.3 Å². The lowest BCUT2D eigenvalue weighted by Gasteiger charge is -2.29. The summed E-state index contributed by atoms with van der Waals surface area (Å²) >= 11 is 1.40. The van der Waals surface area contributed by atoms with Crippen LogP contribution in [0.5, 0.6) is 11.5 Å². The van der Waals surface area contributed by atoms with Gasteiger partial charge >= 0.3 is 0 Å². The zero-order valence-electron chi connectivity index (χ0n) is 12.9. The first-order valence-corrected chi connectivity index (χ1v) is 8.30. The number of nitrogens with zero attached hydrogens (tertiary/aromatic N) is 2. The van der Waals surface area contributed by atoms with Crippen LogP contribution < -0.4 is 15.0 Å². The summed E-state index contributed by atoms with van der Waals surface area (Å²) in [5.74, 6) is 0.749. The minimum absolute atomic E-state index is 0.0563. The van der Waals surface area contributed by atoms with Crippen molar-refractivity contribution in [1.29, 1.82) is 0 Å². The quantitative estimate of drug-likeness (QED) is 0.839. The van der Waals surface area contributed by atoms with Crippen LogP contribution in [0.3, 0.4) is 0 Å². The minimum Gasteiger partial charge on any atom is -0.508 e. The van der Waals surface area contributed by atoms with Crippen LogP contribution in [0.2, 0.25) is 0 Å². The molecule has 0 fully saturated rings. The molecule has 1 amide bonds. The van der Waals surface area contributed by atoms with Gasteiger partial charge in [0.25, 0.3) is 5.91 Å². The number of carbonyl (C=O) groups excluding carboxylic acids is 1. The lowest BCUT2D eigenvalue weighted by atomic mass is 9.94. The van der Waals surface area contributed by atoms with Gasteiger partial charge in [-0.25, -0.2) is 4.98 Å². The average molecular weight is 331 g/mol. The van der Waals surface area contributed by atoms with Crippen molar-refractivity contribution < 1.29 is 14.6 Å². The molecule has 2 aliphatic rings. The number of thiazole rings is 1. The number of ether oxygens (including phenoxy) is 1. The van der Waals surface area contributed by atoms with Gasteiger partial charge in [-0.05, 0) is 26.0 Å². The third kappa shape index (κ3) is 2.41. The Morgan fingerprint density at radius 2 is 2.26 bits per heavy atom. The molecule has 3 heterocycles. The molecule has 0 saturated heterocycles. The molecule has 1 aromatic heterocycles. The molecule has 2 N–H and O–H groups in total. The number of benzene rings is 1. The Bertz CT molecular complexity index is 800. The van der Waals surface area contributed by atoms with Crippen LogP contribution in [0, 0.1) is 0 Å². The standard InChI is InChI=1S/C16H17N3O3S/c1-16(2)8-10-13(14(21)18-16)23-15(17-10)19-5-6-22-12-7-9(20)3-4-11(12)19/h3-4,7,20H,5-6,8H2,1-2H3,(H,18,21). The summed E-state index contributed by atoms with van der Waals surface area (Å²) in [4.78, 5) is 19.7. The van der Waals surface area contributed by atoms with Gasteiger partial charge in [0.05, 0.1) is 17.9 Å². The molecule has 0 bridgehead atoms. The maximum Gasteiger partial charge on any atom is 0.263 e. The number of phenolic OH excluding ortho intramolecular Hbond substituents is 1. The van der Waals surface area contributed by atoms with Crippen molar-refractivity contribution >= 4 is 28.1 Å². The highest BCUT2D eigenvalue weighted by Crippen LogP contribution is 2.41. The Morgan fingerprint density at radius 3 is 3.09 bits per heavy atom. The Hall–Kier alpha value is -2.28. The van der Waals surface area contributed by atoms with Gasteiger partial charge in [0.1, 0.15) is 23.0 Å². The van der Waals surface area contributed by atoms with E-state index in [-0.39, 0.29) is 17.2 Å². The van der Waals surface area contributed by atoms with Gasteiger partial charge in [0.15, 0.2) is 5.13 Å². The molecule has 2 aliphatic heterocycles. The SMILES string of the molecule is CC1(C)Cc2nc(N3CCOc4cc(O)ccc43)sc2C(=O)N1. The van der Waals surface area contributed by atoms with E-state index in [1.54, 1.807) is 12.1 Å². The number of aromatic hydroxyl groups is 1. The predicted octanol–water partition coefficient (Wildman–Crippen LogP) is 2.44. The van der Waals surface area contributed by atoms with Crippen molar-refractivity contribution in [1.82, 2.24) is 10.3 Å². The maximum atomic E-state index is 12.3. The predicted molar refractivity (Wildman–Crippen MR) is 88.0 cm³/mol. The Morgan fingerprint density at radius 1 is 1.43 bits per heavy atom. The number of amides is 1. The van der Waals surface area contributed by atoms with E-state index in [4.69, 9.17) is 9.72 Å². The molecular weight excluding hydrogens is 314 g/mol. The van der Waals surface area contributed by atoms with Gasteiger partial charge in [-0.2, -0.15) is 0 Å². The molecule has 0 atom stereocenters. The summed E-state index contributed by atoms with van der Waals surface area (Å²) in [7, 11) is 0. The fourth-order valence-electron chi connectivity index (χ4n) is 2.99. The number of hydrogen-bond acceptors (Lipinski definition) is 6. The lowest BCUT2D eigenvalue weighted by molar-refractivity contribution is 0.0901. The maximum absolute atomic E-state index is 12.3. The van der Waals surface area contributed by atoms with Crippen molar-refractivity contribution in [2.45, 2.75) is 25.8 Å². The highest BCUT2D eigenvalue weighted by Gasteiger charge is 2.34. The van der Waals surface area contributed by atoms with Crippen molar-refractivity contribution in [3.05, 3.63) is 28.8 Å². The highest BCUT2D eigenvalue weighted by atomic mass is 32.1. The van der Waals surface area contributed by atoms with Crippen LogP contribution in [0.25, 0.3) is 0 Å². The van der Waals surface area contributed by atoms with Gasteiger partial charge < -0.3 is 20.1 Å². The zero-order valence-corrected chi connectivity index (χ0v) is 13.7. The second-order valence-corrected chi connectivity index (χ2v) is 7.42. The minimum atomic E-state index is -0.274. The third-order valence-corrected chi connectivity index (χ3v) is 5.11. The molecule has 0 saturated carbocycles. The molecule has 0 unspecified atom stereocenters. The summed E-state index contributed by atoms with van der Waals surface area (Å²) in [5, 5.41) is 13.4. The third-order valence-electron chi connectivity index (χ3n) is 3.99. The first kappa shape index (κ1) is 14.3. The van der Waals surface area contributed by atoms with Crippen LogP contribution in [0.15, 0.2) is 18.2 Å². The van der Waals surface area contributed by atoms with Crippen molar-refractivity contribution in [2.24, 2.45) is 0 Å². The number of rotatable bonds is 1. The molecule has 0 aliphatic carbocycles. The fourth-order valence-corrected chi connectivity index (χ4v) is 4.00. The summed E-state index contributed by atoms with van der Waals surface area (Å²) in [6.45, 7) is 5.17. The Kier molecular flexibility index (Phi) is 3.02. The number of carbonyl (C=O) groups is 1. The van der Waals surface area contributed by atoms with Gasteiger partial charge in [-0.3, -0.25) is 4.79 Å². The van der Waals surface area contributed by atoms with Crippen molar-refractivity contribution in [3.63, 3.8) is 0 Å². The first-order valence-electron chi connectivity index (χ1n) is 7.48. The molecule has 0 spiro atoms. The molecule has 4 rings (SSSR count). The number of phenols is 1. The van der Waals surface area contributed by atoms with Crippen LogP contribution in [-0.2, 0) is 6.42 Å². The van der Waals surface area contributed by atoms with Crippen LogP contribution in [-0.4, -0.2) is 34.7 Å². The second-order valence-electron chi connectivity index (χ2n) is 6.44. The first-order chi connectivity index (χ1) is 10.9. The topological polar surface area (TPSA) is 74.7 Å². The monoisotopic (exact) mass is 331 g/mol. The summed E-state index contributed by atoms with van der Waals surface area (Å²) < 4.78 is 5.61. The molecule has 6 nitrogen and oxygen atoms in total. The molecular formula is C16H17N3O3S. The fraction of sp³-hybridized carbons (Fsp3) is 0.375. The van der Waals surface area contributed by atoms with Crippen molar-refractivity contribution in [2.75, 3.05) is 18.1 Å². The van der Waals surface area contributed by atoms with E-state index >= 15 is 0 Å². The average Bonchev–Trinajstić information content (AvgIpc) is 2.88. The summed E-state index contributed by atoms with van der Waals surface area (Å²) in [5.41, 5.74) is 1.44. The van der Waals surface area contributed by atoms with Crippen LogP contribution in [0.1, 0.15) is 29.2 Å². The molecule has 1 aromatic carbocycles. The van der Waals surface area contributed by atoms with E-state index in [1.165, 1.54) is 11.3 Å². The van der Waals surface area contributed by atoms with E-state index in [2.05, 4.69) is 5.32 Å². The molecule has 120 valence electrons. The van der Waals surface area contributed by atoms with E-state index in [0.29, 0.717) is 23.8 Å². The van der Waals surface area contributed by atoms with E-state index in [1.807, 2.05) is 24.8 Å². The number of fused-ring (bicyclic) bond motifs is 2. The van der Waals surface area contributed by atoms with Crippen LogP contribution in [0.4, 0.5) is 10.8 Å². The zero-order chi connectivity index (χ0) is 16.2. The summed E-state index contributed by atoms with van der Waals surface area (Å²) in [6, 6.07) is 5.04. The molecule has 2 aromatic rings. The van der Waals surface area contributed by atoms with Gasteiger partial charge in [0.2, 0.25) is 0 Å². The van der Waals surface area contributed by atoms with E-state index in [0.717, 1.165) is 22.9 Å². The Balaban J connectivity index is 1.75. The lowest BCUT2D eigenvalue weighted by Crippen LogP contribution is -2.48.